The van der Waals surface area contributed by atoms with Crippen molar-refractivity contribution in [2.75, 3.05) is 0 Å². The fourth-order valence-electron chi connectivity index (χ4n) is 5.25. The van der Waals surface area contributed by atoms with Gasteiger partial charge < -0.3 is 0 Å². The van der Waals surface area contributed by atoms with Crippen LogP contribution in [0.4, 0.5) is 0 Å². The fraction of sp³-hybridized carbons (Fsp3) is 0.281. The molecule has 0 spiro atoms. The van der Waals surface area contributed by atoms with E-state index in [-0.39, 0.29) is 0 Å². The van der Waals surface area contributed by atoms with Gasteiger partial charge >= 0.3 is 0 Å². The number of hydrogen-bond donors (Lipinski definition) is 0. The molecule has 0 saturated carbocycles. The Bertz CT molecular complexity index is 1500. The number of fused-ring (bicyclic) bond motifs is 4. The van der Waals surface area contributed by atoms with Crippen molar-refractivity contribution in [3.05, 3.63) is 70.9 Å². The lowest BCUT2D eigenvalue weighted by atomic mass is 9.89. The Morgan fingerprint density at radius 2 is 1.79 bits per heavy atom. The van der Waals surface area contributed by atoms with E-state index >= 15 is 0 Å². The first-order chi connectivity index (χ1) is 16.4. The summed E-state index contributed by atoms with van der Waals surface area (Å²) in [7, 11) is 0. The van der Waals surface area contributed by atoms with Crippen LogP contribution in [-0.2, 0) is 12.8 Å². The topological polar surface area (TPSA) is 12.9 Å². The van der Waals surface area contributed by atoms with Crippen molar-refractivity contribution in [3.63, 3.8) is 0 Å². The maximum Gasteiger partial charge on any atom is 0.0803 e. The number of aryl methyl sites for hydroxylation is 1. The molecule has 0 N–H and O–H groups in total. The third-order valence-electron chi connectivity index (χ3n) is 6.59. The predicted molar refractivity (Wildman–Crippen MR) is 148 cm³/mol. The van der Waals surface area contributed by atoms with Gasteiger partial charge in [-0.05, 0) is 100 Å². The summed E-state index contributed by atoms with van der Waals surface area (Å²) in [6.45, 7) is 11.3. The number of hydrogen-bond acceptors (Lipinski definition) is 2. The van der Waals surface area contributed by atoms with Crippen molar-refractivity contribution in [2.24, 2.45) is 11.8 Å². The lowest BCUT2D eigenvalue weighted by molar-refractivity contribution is 0.639. The van der Waals surface area contributed by atoms with Crippen LogP contribution in [0.25, 0.3) is 38.9 Å². The standard InChI is InChI=1S/C32H31NS/c1-7-8-9-24-21(6)16-28-31-30-25(12-13-33-31)26-17-22(14-19(2)3)10-11-23(26)18-29(30)34-32(28)27(24)15-20(4)5/h1,8-13,16-20H,14-15H2,2-6H3/b9-8-. The van der Waals surface area contributed by atoms with Gasteiger partial charge in [0.25, 0.3) is 0 Å². The molecule has 0 radical (unpaired) electrons. The normalized spacial score (nSPS) is 12.8. The molecule has 1 aliphatic heterocycles. The van der Waals surface area contributed by atoms with Gasteiger partial charge in [-0.1, -0.05) is 63.6 Å². The Balaban J connectivity index is 1.81. The van der Waals surface area contributed by atoms with Crippen molar-refractivity contribution in [3.8, 4) is 23.6 Å². The van der Waals surface area contributed by atoms with Crippen LogP contribution in [-0.4, -0.2) is 4.98 Å². The van der Waals surface area contributed by atoms with Crippen molar-refractivity contribution < 1.29 is 0 Å². The molecular formula is C32H31NS. The van der Waals surface area contributed by atoms with Gasteiger partial charge in [0.05, 0.1) is 5.69 Å². The summed E-state index contributed by atoms with van der Waals surface area (Å²) in [6, 6.07) is 13.9. The molecule has 1 nitrogen and oxygen atoms in total. The predicted octanol–water partition coefficient (Wildman–Crippen LogP) is 8.87. The zero-order valence-electron chi connectivity index (χ0n) is 20.7. The Morgan fingerprint density at radius 1 is 1.00 bits per heavy atom. The molecule has 0 fully saturated rings. The second-order valence-corrected chi connectivity index (χ2v) is 11.3. The minimum absolute atomic E-state index is 0.547. The first-order valence-electron chi connectivity index (χ1n) is 12.2. The number of allylic oxidation sites excluding steroid dienone is 1. The van der Waals surface area contributed by atoms with E-state index in [4.69, 9.17) is 11.4 Å². The summed E-state index contributed by atoms with van der Waals surface area (Å²) in [5.74, 6) is 3.86. The Labute approximate surface area is 207 Å². The molecule has 0 bridgehead atoms. The quantitative estimate of drug-likeness (QED) is 0.191. The first-order valence-corrected chi connectivity index (χ1v) is 13.0. The molecule has 5 rings (SSSR count). The second kappa shape index (κ2) is 8.97. The van der Waals surface area contributed by atoms with Gasteiger partial charge in [0.2, 0.25) is 0 Å². The molecule has 0 saturated heterocycles. The number of terminal acetylenes is 1. The lowest BCUT2D eigenvalue weighted by Crippen LogP contribution is -2.06. The van der Waals surface area contributed by atoms with Crippen molar-refractivity contribution in [1.29, 1.82) is 0 Å². The molecule has 0 amide bonds. The van der Waals surface area contributed by atoms with Crippen molar-refractivity contribution >= 4 is 39.4 Å². The van der Waals surface area contributed by atoms with Gasteiger partial charge in [0, 0.05) is 26.9 Å². The SMILES string of the molecule is C#C/C=C\c1c(C)cc2c(c1CC(C)C)Sc1cc3ccc(CC(C)C)cc3c3ccnc-2c13. The molecular weight excluding hydrogens is 430 g/mol. The zero-order chi connectivity index (χ0) is 24.0. The molecule has 2 heteroatoms. The molecule has 4 aromatic rings. The molecule has 0 atom stereocenters. The summed E-state index contributed by atoms with van der Waals surface area (Å²) < 4.78 is 0. The molecule has 34 heavy (non-hydrogen) atoms. The first kappa shape index (κ1) is 22.8. The highest BCUT2D eigenvalue weighted by Crippen LogP contribution is 2.51. The minimum Gasteiger partial charge on any atom is -0.256 e. The monoisotopic (exact) mass is 461 g/mol. The van der Waals surface area contributed by atoms with Crippen molar-refractivity contribution in [2.45, 2.75) is 57.3 Å². The van der Waals surface area contributed by atoms with E-state index in [1.54, 1.807) is 0 Å². The summed E-state index contributed by atoms with van der Waals surface area (Å²) in [4.78, 5) is 7.58. The number of aromatic nitrogens is 1. The Kier molecular flexibility index (Phi) is 6.00. The number of benzene rings is 3. The molecule has 0 unspecified atom stereocenters. The van der Waals surface area contributed by atoms with Crippen LogP contribution in [0.3, 0.4) is 0 Å². The highest BCUT2D eigenvalue weighted by Gasteiger charge is 2.26. The van der Waals surface area contributed by atoms with Gasteiger partial charge in [-0.15, -0.1) is 6.42 Å². The highest BCUT2D eigenvalue weighted by molar-refractivity contribution is 7.99. The molecule has 1 aliphatic rings. The third kappa shape index (κ3) is 3.93. The van der Waals surface area contributed by atoms with Gasteiger partial charge in [0.15, 0.2) is 0 Å². The Morgan fingerprint density at radius 3 is 2.53 bits per heavy atom. The zero-order valence-corrected chi connectivity index (χ0v) is 21.5. The van der Waals surface area contributed by atoms with E-state index in [0.29, 0.717) is 11.8 Å². The van der Waals surface area contributed by atoms with E-state index in [2.05, 4.69) is 83.0 Å². The maximum atomic E-state index is 5.57. The number of pyridine rings is 1. The van der Waals surface area contributed by atoms with Crippen LogP contribution in [0.15, 0.2) is 58.5 Å². The summed E-state index contributed by atoms with van der Waals surface area (Å²) >= 11 is 1.90. The summed E-state index contributed by atoms with van der Waals surface area (Å²) in [6.07, 6.45) is 13.6. The molecule has 170 valence electrons. The average Bonchev–Trinajstić information content (AvgIpc) is 2.79. The van der Waals surface area contributed by atoms with E-state index in [0.717, 1.165) is 18.5 Å². The maximum absolute atomic E-state index is 5.57. The van der Waals surface area contributed by atoms with Crippen LogP contribution in [0.2, 0.25) is 0 Å². The third-order valence-corrected chi connectivity index (χ3v) is 7.80. The fourth-order valence-corrected chi connectivity index (χ4v) is 6.55. The summed E-state index contributed by atoms with van der Waals surface area (Å²) in [5.41, 5.74) is 7.67. The van der Waals surface area contributed by atoms with Gasteiger partial charge in [-0.2, -0.15) is 0 Å². The van der Waals surface area contributed by atoms with Gasteiger partial charge in [-0.3, -0.25) is 4.98 Å². The second-order valence-electron chi connectivity index (χ2n) is 10.3. The van der Waals surface area contributed by atoms with Crippen LogP contribution < -0.4 is 0 Å². The molecule has 3 aromatic carbocycles. The van der Waals surface area contributed by atoms with E-state index in [1.165, 1.54) is 59.2 Å². The number of rotatable bonds is 5. The largest absolute Gasteiger partial charge is 0.256 e. The molecule has 0 aliphatic carbocycles. The highest BCUT2D eigenvalue weighted by atomic mass is 32.2. The van der Waals surface area contributed by atoms with Gasteiger partial charge in [0.1, 0.15) is 0 Å². The Hall–Kier alpha value is -3.02. The lowest BCUT2D eigenvalue weighted by Gasteiger charge is -2.26. The van der Waals surface area contributed by atoms with Crippen LogP contribution in [0.5, 0.6) is 0 Å². The van der Waals surface area contributed by atoms with Crippen LogP contribution in [0.1, 0.15) is 49.9 Å². The number of nitrogens with zero attached hydrogens (tertiary/aromatic N) is 1. The minimum atomic E-state index is 0.547. The smallest absolute Gasteiger partial charge is 0.0803 e. The van der Waals surface area contributed by atoms with E-state index < -0.39 is 0 Å². The van der Waals surface area contributed by atoms with Crippen LogP contribution in [0, 0.1) is 31.1 Å². The summed E-state index contributed by atoms with van der Waals surface area (Å²) in [5, 5.41) is 5.22. The van der Waals surface area contributed by atoms with Crippen molar-refractivity contribution in [1.82, 2.24) is 4.98 Å². The molecule has 2 heterocycles. The van der Waals surface area contributed by atoms with E-state index in [9.17, 15) is 0 Å². The molecule has 1 aromatic heterocycles. The van der Waals surface area contributed by atoms with Gasteiger partial charge in [-0.25, -0.2) is 0 Å². The van der Waals surface area contributed by atoms with E-state index in [1.807, 2.05) is 24.0 Å². The average molecular weight is 462 g/mol. The van der Waals surface area contributed by atoms with Crippen LogP contribution >= 0.6 is 11.8 Å².